The molecule has 114 valence electrons. The van der Waals surface area contributed by atoms with Crippen LogP contribution in [0, 0.1) is 5.82 Å². The van der Waals surface area contributed by atoms with Gasteiger partial charge in [0, 0.05) is 43.6 Å². The van der Waals surface area contributed by atoms with Crippen LogP contribution in [0.2, 0.25) is 5.02 Å². The van der Waals surface area contributed by atoms with Gasteiger partial charge in [-0.3, -0.25) is 4.79 Å². The van der Waals surface area contributed by atoms with Crippen molar-refractivity contribution in [1.29, 1.82) is 0 Å². The van der Waals surface area contributed by atoms with E-state index in [-0.39, 0.29) is 11.5 Å². The van der Waals surface area contributed by atoms with Crippen LogP contribution in [0.3, 0.4) is 0 Å². The summed E-state index contributed by atoms with van der Waals surface area (Å²) in [5.74, 6) is -0.250. The zero-order valence-electron chi connectivity index (χ0n) is 11.7. The van der Waals surface area contributed by atoms with E-state index in [1.165, 1.54) is 18.2 Å². The SMILES string of the molecule is O=C(c1cc(Cl)ccc1F)N1CCN(c2ncccn2)CC1. The summed E-state index contributed by atoms with van der Waals surface area (Å²) in [5.41, 5.74) is 0.0110. The number of hydrogen-bond acceptors (Lipinski definition) is 4. The number of amides is 1. The Hall–Kier alpha value is -2.21. The molecule has 0 aliphatic carbocycles. The summed E-state index contributed by atoms with van der Waals surface area (Å²) < 4.78 is 13.8. The lowest BCUT2D eigenvalue weighted by atomic mass is 10.1. The Morgan fingerprint density at radius 3 is 2.50 bits per heavy atom. The highest BCUT2D eigenvalue weighted by atomic mass is 35.5. The normalized spacial score (nSPS) is 15.0. The zero-order valence-corrected chi connectivity index (χ0v) is 12.5. The molecule has 22 heavy (non-hydrogen) atoms. The molecule has 1 aliphatic heterocycles. The number of carbonyl (C=O) groups is 1. The Kier molecular flexibility index (Phi) is 4.20. The van der Waals surface area contributed by atoms with E-state index in [0.717, 1.165) is 0 Å². The van der Waals surface area contributed by atoms with Gasteiger partial charge < -0.3 is 9.80 Å². The Morgan fingerprint density at radius 1 is 1.14 bits per heavy atom. The molecule has 7 heteroatoms. The molecule has 1 aliphatic rings. The monoisotopic (exact) mass is 320 g/mol. The summed E-state index contributed by atoms with van der Waals surface area (Å²) in [4.78, 5) is 24.4. The minimum Gasteiger partial charge on any atom is -0.337 e. The molecular weight excluding hydrogens is 307 g/mol. The lowest BCUT2D eigenvalue weighted by molar-refractivity contribution is 0.0741. The smallest absolute Gasteiger partial charge is 0.257 e. The third kappa shape index (κ3) is 3.01. The Bertz CT molecular complexity index is 674. The first-order chi connectivity index (χ1) is 10.6. The second-order valence-corrected chi connectivity index (χ2v) is 5.39. The molecule has 1 amide bonds. The van der Waals surface area contributed by atoms with Gasteiger partial charge in [-0.25, -0.2) is 14.4 Å². The first-order valence-corrected chi connectivity index (χ1v) is 7.29. The van der Waals surface area contributed by atoms with Crippen LogP contribution >= 0.6 is 11.6 Å². The fraction of sp³-hybridized carbons (Fsp3) is 0.267. The van der Waals surface area contributed by atoms with Crippen LogP contribution in [0.4, 0.5) is 10.3 Å². The number of piperazine rings is 1. The summed E-state index contributed by atoms with van der Waals surface area (Å²) in [6, 6.07) is 5.76. The summed E-state index contributed by atoms with van der Waals surface area (Å²) in [7, 11) is 0. The molecule has 0 radical (unpaired) electrons. The van der Waals surface area contributed by atoms with Gasteiger partial charge in [-0.15, -0.1) is 0 Å². The Morgan fingerprint density at radius 2 is 1.82 bits per heavy atom. The van der Waals surface area contributed by atoms with Crippen LogP contribution in [0.25, 0.3) is 0 Å². The molecule has 0 N–H and O–H groups in total. The quantitative estimate of drug-likeness (QED) is 0.851. The van der Waals surface area contributed by atoms with E-state index >= 15 is 0 Å². The highest BCUT2D eigenvalue weighted by Gasteiger charge is 2.25. The van der Waals surface area contributed by atoms with E-state index in [9.17, 15) is 9.18 Å². The molecule has 3 rings (SSSR count). The van der Waals surface area contributed by atoms with E-state index in [1.54, 1.807) is 23.4 Å². The first-order valence-electron chi connectivity index (χ1n) is 6.91. The molecule has 1 aromatic carbocycles. The molecule has 0 unspecified atom stereocenters. The minimum atomic E-state index is -0.553. The predicted octanol–water partition coefficient (Wildman–Crippen LogP) is 2.23. The van der Waals surface area contributed by atoms with Crippen molar-refractivity contribution in [2.24, 2.45) is 0 Å². The van der Waals surface area contributed by atoms with Crippen LogP contribution in [-0.2, 0) is 0 Å². The van der Waals surface area contributed by atoms with Gasteiger partial charge in [0.1, 0.15) is 5.82 Å². The first kappa shape index (κ1) is 14.7. The average molecular weight is 321 g/mol. The van der Waals surface area contributed by atoms with Gasteiger partial charge in [0.15, 0.2) is 0 Å². The Balaban J connectivity index is 1.68. The van der Waals surface area contributed by atoms with Crippen molar-refractivity contribution in [1.82, 2.24) is 14.9 Å². The molecule has 2 aromatic rings. The third-order valence-electron chi connectivity index (χ3n) is 3.56. The van der Waals surface area contributed by atoms with Crippen LogP contribution < -0.4 is 4.90 Å². The van der Waals surface area contributed by atoms with Crippen molar-refractivity contribution in [3.8, 4) is 0 Å². The summed E-state index contributed by atoms with van der Waals surface area (Å²) in [5, 5.41) is 0.348. The predicted molar refractivity (Wildman–Crippen MR) is 81.6 cm³/mol. The van der Waals surface area contributed by atoms with Crippen molar-refractivity contribution in [3.05, 3.63) is 53.1 Å². The molecule has 5 nitrogen and oxygen atoms in total. The van der Waals surface area contributed by atoms with Gasteiger partial charge in [0.2, 0.25) is 5.95 Å². The van der Waals surface area contributed by atoms with Gasteiger partial charge in [-0.2, -0.15) is 0 Å². The van der Waals surface area contributed by atoms with Gasteiger partial charge in [-0.05, 0) is 24.3 Å². The zero-order chi connectivity index (χ0) is 15.5. The lowest BCUT2D eigenvalue weighted by Crippen LogP contribution is -2.49. The highest BCUT2D eigenvalue weighted by molar-refractivity contribution is 6.31. The molecule has 2 heterocycles. The number of benzene rings is 1. The van der Waals surface area contributed by atoms with E-state index in [1.807, 2.05) is 4.90 Å². The molecule has 0 bridgehead atoms. The van der Waals surface area contributed by atoms with E-state index in [4.69, 9.17) is 11.6 Å². The maximum Gasteiger partial charge on any atom is 0.257 e. The molecule has 1 saturated heterocycles. The van der Waals surface area contributed by atoms with E-state index in [0.29, 0.717) is 37.1 Å². The fourth-order valence-corrected chi connectivity index (χ4v) is 2.57. The highest BCUT2D eigenvalue weighted by Crippen LogP contribution is 2.18. The number of aromatic nitrogens is 2. The second-order valence-electron chi connectivity index (χ2n) is 4.95. The van der Waals surface area contributed by atoms with Crippen molar-refractivity contribution in [2.45, 2.75) is 0 Å². The molecular formula is C15H14ClFN4O. The van der Waals surface area contributed by atoms with Crippen molar-refractivity contribution in [2.75, 3.05) is 31.1 Å². The maximum absolute atomic E-state index is 13.8. The Labute approximate surface area is 132 Å². The van der Waals surface area contributed by atoms with Crippen LogP contribution in [-0.4, -0.2) is 47.0 Å². The minimum absolute atomic E-state index is 0.0110. The standard InChI is InChI=1S/C15H14ClFN4O/c16-11-2-3-13(17)12(10-11)14(22)20-6-8-21(9-7-20)15-18-4-1-5-19-15/h1-5,10H,6-9H2. The van der Waals surface area contributed by atoms with Gasteiger partial charge in [0.25, 0.3) is 5.91 Å². The van der Waals surface area contributed by atoms with Crippen molar-refractivity contribution in [3.63, 3.8) is 0 Å². The van der Waals surface area contributed by atoms with Crippen LogP contribution in [0.15, 0.2) is 36.7 Å². The van der Waals surface area contributed by atoms with Crippen LogP contribution in [0.1, 0.15) is 10.4 Å². The number of anilines is 1. The van der Waals surface area contributed by atoms with Gasteiger partial charge in [-0.1, -0.05) is 11.6 Å². The number of nitrogens with zero attached hydrogens (tertiary/aromatic N) is 4. The number of carbonyl (C=O) groups excluding carboxylic acids is 1. The topological polar surface area (TPSA) is 49.3 Å². The van der Waals surface area contributed by atoms with E-state index < -0.39 is 5.82 Å². The second kappa shape index (κ2) is 6.27. The van der Waals surface area contributed by atoms with Crippen molar-refractivity contribution < 1.29 is 9.18 Å². The van der Waals surface area contributed by atoms with Gasteiger partial charge in [0.05, 0.1) is 5.56 Å². The molecule has 1 aromatic heterocycles. The fourth-order valence-electron chi connectivity index (χ4n) is 2.40. The van der Waals surface area contributed by atoms with Gasteiger partial charge >= 0.3 is 0 Å². The average Bonchev–Trinajstić information content (AvgIpc) is 2.57. The lowest BCUT2D eigenvalue weighted by Gasteiger charge is -2.34. The number of hydrogen-bond donors (Lipinski definition) is 0. The molecule has 0 atom stereocenters. The molecule has 0 saturated carbocycles. The number of halogens is 2. The summed E-state index contributed by atoms with van der Waals surface area (Å²) in [6.07, 6.45) is 3.36. The maximum atomic E-state index is 13.8. The van der Waals surface area contributed by atoms with Crippen molar-refractivity contribution >= 4 is 23.5 Å². The van der Waals surface area contributed by atoms with E-state index in [2.05, 4.69) is 9.97 Å². The molecule has 1 fully saturated rings. The molecule has 0 spiro atoms. The summed E-state index contributed by atoms with van der Waals surface area (Å²) >= 11 is 5.84. The number of rotatable bonds is 2. The van der Waals surface area contributed by atoms with Crippen LogP contribution in [0.5, 0.6) is 0 Å². The summed E-state index contributed by atoms with van der Waals surface area (Å²) in [6.45, 7) is 2.20. The largest absolute Gasteiger partial charge is 0.337 e. The third-order valence-corrected chi connectivity index (χ3v) is 3.80.